The van der Waals surface area contributed by atoms with Crippen LogP contribution in [0.1, 0.15) is 78.1 Å². The quantitative estimate of drug-likeness (QED) is 0.111. The van der Waals surface area contributed by atoms with E-state index in [1.54, 1.807) is 23.5 Å². The molecule has 7 nitrogen and oxygen atoms in total. The average molecular weight is 565 g/mol. The number of nitrogens with one attached hydrogen (secondary N) is 2. The minimum atomic E-state index is -5.21. The van der Waals surface area contributed by atoms with Crippen molar-refractivity contribution in [3.8, 4) is 0 Å². The second-order valence-corrected chi connectivity index (χ2v) is 10.1. The highest BCUT2D eigenvalue weighted by molar-refractivity contribution is 8.00. The second kappa shape index (κ2) is 21.6. The van der Waals surface area contributed by atoms with E-state index in [0.29, 0.717) is 6.42 Å². The van der Waals surface area contributed by atoms with Gasteiger partial charge in [0.15, 0.2) is 0 Å². The lowest BCUT2D eigenvalue weighted by atomic mass is 10.1. The third kappa shape index (κ3) is 18.9. The number of rotatable bonds is 21. The van der Waals surface area contributed by atoms with E-state index in [-0.39, 0.29) is 5.75 Å². The molecule has 0 saturated heterocycles. The normalized spacial score (nSPS) is 14.7. The molecule has 11 heteroatoms. The second-order valence-electron chi connectivity index (χ2n) is 8.90. The zero-order valence-corrected chi connectivity index (χ0v) is 23.2. The van der Waals surface area contributed by atoms with Crippen LogP contribution in [0.25, 0.3) is 0 Å². The highest BCUT2D eigenvalue weighted by atomic mass is 32.2. The van der Waals surface area contributed by atoms with Crippen molar-refractivity contribution in [3.63, 3.8) is 0 Å². The van der Waals surface area contributed by atoms with Crippen LogP contribution in [0.2, 0.25) is 0 Å². The smallest absolute Gasteiger partial charge is 0.471 e. The monoisotopic (exact) mass is 564 g/mol. The Labute approximate surface area is 228 Å². The molecule has 2 amide bonds. The minimum Gasteiger partial charge on any atom is -0.480 e. The number of thioether (sulfide) groups is 1. The molecule has 0 aromatic rings. The number of halogens is 3. The number of aliphatic carboxylic acids is 1. The Bertz CT molecular complexity index is 772. The van der Waals surface area contributed by atoms with E-state index in [2.05, 4.69) is 13.0 Å². The molecule has 0 rings (SSSR count). The Morgan fingerprint density at radius 1 is 0.921 bits per heavy atom. The van der Waals surface area contributed by atoms with Gasteiger partial charge in [0.1, 0.15) is 12.6 Å². The van der Waals surface area contributed by atoms with Gasteiger partial charge in [0, 0.05) is 11.0 Å². The summed E-state index contributed by atoms with van der Waals surface area (Å²) in [5, 5.41) is 22.4. The van der Waals surface area contributed by atoms with Gasteiger partial charge in [0.2, 0.25) is 5.91 Å². The zero-order chi connectivity index (χ0) is 28.8. The summed E-state index contributed by atoms with van der Waals surface area (Å²) in [6.45, 7) is 3.34. The van der Waals surface area contributed by atoms with Gasteiger partial charge >= 0.3 is 18.1 Å². The molecule has 0 aliphatic rings. The standard InChI is InChI=1S/C27H43F3N2O5S/c1-3-5-7-8-9-10-11-12-13-14-15-16-18-23(22(33)17-6-4-2)38-20-21(25(36)31-19-24(34)35)32-26(37)27(28,29)30/h12-16,18,21-23,33H,3-11,17,19-20H2,1-2H3,(H,31,36)(H,32,37)(H,34,35)/b13-12+,15-14+,18-16+/t21?,22-,23?/m1/s1. The van der Waals surface area contributed by atoms with Crippen molar-refractivity contribution in [3.05, 3.63) is 36.5 Å². The van der Waals surface area contributed by atoms with Crippen LogP contribution in [0, 0.1) is 0 Å². The van der Waals surface area contributed by atoms with Crippen molar-refractivity contribution >= 4 is 29.5 Å². The molecule has 0 fully saturated rings. The zero-order valence-electron chi connectivity index (χ0n) is 22.3. The van der Waals surface area contributed by atoms with E-state index < -0.39 is 47.9 Å². The molecule has 0 saturated carbocycles. The predicted molar refractivity (Wildman–Crippen MR) is 146 cm³/mol. The van der Waals surface area contributed by atoms with E-state index in [4.69, 9.17) is 5.11 Å². The fourth-order valence-corrected chi connectivity index (χ4v) is 4.52. The van der Waals surface area contributed by atoms with Crippen molar-refractivity contribution in [1.29, 1.82) is 0 Å². The fourth-order valence-electron chi connectivity index (χ4n) is 3.31. The van der Waals surface area contributed by atoms with Gasteiger partial charge in [-0.3, -0.25) is 14.4 Å². The van der Waals surface area contributed by atoms with Gasteiger partial charge in [-0.2, -0.15) is 13.2 Å². The topological polar surface area (TPSA) is 116 Å². The average Bonchev–Trinajstić information content (AvgIpc) is 2.86. The van der Waals surface area contributed by atoms with Gasteiger partial charge in [-0.1, -0.05) is 95.2 Å². The molecule has 4 N–H and O–H groups in total. The van der Waals surface area contributed by atoms with E-state index in [1.165, 1.54) is 32.1 Å². The summed E-state index contributed by atoms with van der Waals surface area (Å²) in [5.74, 6) is -5.04. The Hall–Kier alpha value is -2.27. The van der Waals surface area contributed by atoms with E-state index >= 15 is 0 Å². The Morgan fingerprint density at radius 2 is 1.55 bits per heavy atom. The SMILES string of the molecule is CCCCCCCC/C=C/C=C/C=C/C(SCC(NC(=O)C(F)(F)F)C(=O)NCC(=O)O)[C@H](O)CCCC. The van der Waals surface area contributed by atoms with Gasteiger partial charge in [-0.15, -0.1) is 11.8 Å². The molecule has 3 atom stereocenters. The van der Waals surface area contributed by atoms with Gasteiger partial charge in [0.05, 0.1) is 6.10 Å². The van der Waals surface area contributed by atoms with Crippen LogP contribution in [-0.4, -0.2) is 63.9 Å². The lowest BCUT2D eigenvalue weighted by Crippen LogP contribution is -2.52. The number of aliphatic hydroxyl groups excluding tert-OH is 1. The third-order valence-electron chi connectivity index (χ3n) is 5.48. The maximum absolute atomic E-state index is 12.7. The summed E-state index contributed by atoms with van der Waals surface area (Å²) >= 11 is 1.01. The highest BCUT2D eigenvalue weighted by Gasteiger charge is 2.41. The molecule has 0 aliphatic carbocycles. The molecule has 0 heterocycles. The molecule has 0 spiro atoms. The van der Waals surface area contributed by atoms with Crippen LogP contribution in [-0.2, 0) is 14.4 Å². The number of unbranched alkanes of at least 4 members (excludes halogenated alkanes) is 7. The van der Waals surface area contributed by atoms with Gasteiger partial charge < -0.3 is 20.8 Å². The number of amides is 2. The predicted octanol–water partition coefficient (Wildman–Crippen LogP) is 5.31. The maximum atomic E-state index is 12.7. The van der Waals surface area contributed by atoms with Crippen LogP contribution < -0.4 is 10.6 Å². The molecule has 0 aromatic heterocycles. The molecule has 0 bridgehead atoms. The molecule has 2 unspecified atom stereocenters. The number of carbonyl (C=O) groups is 3. The summed E-state index contributed by atoms with van der Waals surface area (Å²) < 4.78 is 38.2. The number of carbonyl (C=O) groups excluding carboxylic acids is 2. The molecular weight excluding hydrogens is 521 g/mol. The summed E-state index contributed by atoms with van der Waals surface area (Å²) in [6.07, 6.45) is 15.4. The lowest BCUT2D eigenvalue weighted by molar-refractivity contribution is -0.174. The molecule has 0 aliphatic heterocycles. The van der Waals surface area contributed by atoms with Crippen molar-refractivity contribution < 1.29 is 37.8 Å². The van der Waals surface area contributed by atoms with Crippen LogP contribution in [0.5, 0.6) is 0 Å². The number of hydrogen-bond acceptors (Lipinski definition) is 5. The van der Waals surface area contributed by atoms with Crippen molar-refractivity contribution in [1.82, 2.24) is 10.6 Å². The summed E-state index contributed by atoms with van der Waals surface area (Å²) in [6, 6.07) is -1.64. The summed E-state index contributed by atoms with van der Waals surface area (Å²) in [7, 11) is 0. The maximum Gasteiger partial charge on any atom is 0.471 e. The van der Waals surface area contributed by atoms with Crippen molar-refractivity contribution in [2.75, 3.05) is 12.3 Å². The summed E-state index contributed by atoms with van der Waals surface area (Å²) in [4.78, 5) is 34.4. The number of carboxylic acid groups (broad SMARTS) is 1. The number of aliphatic hydroxyl groups is 1. The first-order chi connectivity index (χ1) is 18.0. The molecule has 0 aromatic carbocycles. The first kappa shape index (κ1) is 35.7. The molecule has 218 valence electrons. The van der Waals surface area contributed by atoms with Crippen LogP contribution in [0.3, 0.4) is 0 Å². The van der Waals surface area contributed by atoms with Crippen LogP contribution in [0.15, 0.2) is 36.5 Å². The van der Waals surface area contributed by atoms with Crippen LogP contribution >= 0.6 is 11.8 Å². The van der Waals surface area contributed by atoms with E-state index in [0.717, 1.165) is 37.4 Å². The number of carboxylic acids is 1. The van der Waals surface area contributed by atoms with Gasteiger partial charge in [0.25, 0.3) is 0 Å². The number of alkyl halides is 3. The third-order valence-corrected chi connectivity index (χ3v) is 6.86. The van der Waals surface area contributed by atoms with Gasteiger partial charge in [-0.05, 0) is 19.3 Å². The lowest BCUT2D eigenvalue weighted by Gasteiger charge is -2.23. The van der Waals surface area contributed by atoms with Crippen molar-refractivity contribution in [2.45, 2.75) is 102 Å². The molecule has 38 heavy (non-hydrogen) atoms. The minimum absolute atomic E-state index is 0.298. The van der Waals surface area contributed by atoms with E-state index in [9.17, 15) is 32.7 Å². The molecule has 0 radical (unpaired) electrons. The van der Waals surface area contributed by atoms with Crippen molar-refractivity contribution in [2.24, 2.45) is 0 Å². The van der Waals surface area contributed by atoms with Crippen LogP contribution in [0.4, 0.5) is 13.2 Å². The largest absolute Gasteiger partial charge is 0.480 e. The Morgan fingerprint density at radius 3 is 2.18 bits per heavy atom. The van der Waals surface area contributed by atoms with E-state index in [1.807, 2.05) is 24.4 Å². The first-order valence-electron chi connectivity index (χ1n) is 13.2. The summed E-state index contributed by atoms with van der Waals surface area (Å²) in [5.41, 5.74) is 0. The van der Waals surface area contributed by atoms with Gasteiger partial charge in [-0.25, -0.2) is 0 Å². The molecular formula is C27H43F3N2O5S. The fraction of sp³-hybridized carbons (Fsp3) is 0.667. The Kier molecular flexibility index (Phi) is 20.3. The number of allylic oxidation sites excluding steroid dienone is 5. The number of hydrogen-bond donors (Lipinski definition) is 4. The first-order valence-corrected chi connectivity index (χ1v) is 14.2. The highest BCUT2D eigenvalue weighted by Crippen LogP contribution is 2.22. The Balaban J connectivity index is 5.11.